The van der Waals surface area contributed by atoms with Crippen molar-refractivity contribution in [2.45, 2.75) is 44.7 Å². The zero-order valence-electron chi connectivity index (χ0n) is 12.8. The zero-order valence-corrected chi connectivity index (χ0v) is 12.8. The van der Waals surface area contributed by atoms with Crippen LogP contribution in [0.2, 0.25) is 0 Å². The van der Waals surface area contributed by atoms with E-state index in [9.17, 15) is 14.7 Å². The molecular weight excluding hydrogens is 304 g/mol. The van der Waals surface area contributed by atoms with Gasteiger partial charge in [-0.15, -0.1) is 0 Å². The van der Waals surface area contributed by atoms with Gasteiger partial charge in [0.15, 0.2) is 11.9 Å². The van der Waals surface area contributed by atoms with Gasteiger partial charge in [-0.05, 0) is 19.4 Å². The van der Waals surface area contributed by atoms with Crippen molar-refractivity contribution in [3.05, 3.63) is 35.9 Å². The van der Waals surface area contributed by atoms with Crippen molar-refractivity contribution in [1.82, 2.24) is 0 Å². The summed E-state index contributed by atoms with van der Waals surface area (Å²) in [6.07, 6.45) is -3.18. The molecule has 0 bridgehead atoms. The van der Waals surface area contributed by atoms with Gasteiger partial charge in [0.05, 0.1) is 6.61 Å². The highest BCUT2D eigenvalue weighted by atomic mass is 16.8. The topological polar surface area (TPSA) is 91.3 Å². The molecule has 0 unspecified atom stereocenters. The SMILES string of the molecule is CC1(C)O[C@@H]2OC(=O)[C@@H](OCc3ccccc3)[C@@H](C(=O)O)[C@@H]2O1. The van der Waals surface area contributed by atoms with E-state index >= 15 is 0 Å². The summed E-state index contributed by atoms with van der Waals surface area (Å²) in [5.74, 6) is -4.14. The molecule has 23 heavy (non-hydrogen) atoms. The minimum absolute atomic E-state index is 0.103. The molecule has 7 nitrogen and oxygen atoms in total. The summed E-state index contributed by atoms with van der Waals surface area (Å²) in [6.45, 7) is 3.38. The van der Waals surface area contributed by atoms with Gasteiger partial charge in [-0.1, -0.05) is 30.3 Å². The molecule has 0 spiro atoms. The Bertz CT molecular complexity index is 598. The standard InChI is InChI=1S/C16H18O7/c1-16(2)22-12-10(13(17)18)11(14(19)21-15(12)23-16)20-8-9-6-4-3-5-7-9/h3-7,10-12,15H,8H2,1-2H3,(H,17,18)/t10-,11+,12+,15+/m1/s1. The summed E-state index contributed by atoms with van der Waals surface area (Å²) in [6, 6.07) is 9.17. The van der Waals surface area contributed by atoms with E-state index in [4.69, 9.17) is 18.9 Å². The number of carbonyl (C=O) groups is 2. The van der Waals surface area contributed by atoms with Gasteiger partial charge in [0.2, 0.25) is 6.29 Å². The van der Waals surface area contributed by atoms with Crippen LogP contribution in [0.15, 0.2) is 30.3 Å². The van der Waals surface area contributed by atoms with E-state index in [2.05, 4.69) is 0 Å². The van der Waals surface area contributed by atoms with Crippen LogP contribution in [-0.2, 0) is 35.1 Å². The van der Waals surface area contributed by atoms with Crippen molar-refractivity contribution in [2.24, 2.45) is 5.92 Å². The van der Waals surface area contributed by atoms with Gasteiger partial charge in [0, 0.05) is 0 Å². The number of hydrogen-bond donors (Lipinski definition) is 1. The third-order valence-electron chi connectivity index (χ3n) is 3.79. The van der Waals surface area contributed by atoms with Crippen molar-refractivity contribution in [3.63, 3.8) is 0 Å². The summed E-state index contributed by atoms with van der Waals surface area (Å²) in [7, 11) is 0. The van der Waals surface area contributed by atoms with Crippen molar-refractivity contribution in [1.29, 1.82) is 0 Å². The maximum absolute atomic E-state index is 12.1. The predicted octanol–water partition coefficient (Wildman–Crippen LogP) is 1.31. The van der Waals surface area contributed by atoms with Crippen LogP contribution in [0.4, 0.5) is 0 Å². The van der Waals surface area contributed by atoms with Crippen molar-refractivity contribution < 1.29 is 33.6 Å². The number of carboxylic acid groups (broad SMARTS) is 1. The molecule has 2 saturated heterocycles. The summed E-state index contributed by atoms with van der Waals surface area (Å²) in [5.41, 5.74) is 0.829. The first-order valence-electron chi connectivity index (χ1n) is 7.32. The van der Waals surface area contributed by atoms with Crippen LogP contribution in [-0.4, -0.2) is 41.3 Å². The molecule has 3 rings (SSSR count). The average molecular weight is 322 g/mol. The van der Waals surface area contributed by atoms with E-state index in [0.717, 1.165) is 5.56 Å². The van der Waals surface area contributed by atoms with Crippen molar-refractivity contribution in [3.8, 4) is 0 Å². The number of carboxylic acids is 1. The van der Waals surface area contributed by atoms with Gasteiger partial charge in [-0.25, -0.2) is 4.79 Å². The highest BCUT2D eigenvalue weighted by molar-refractivity contribution is 5.85. The molecule has 0 saturated carbocycles. The highest BCUT2D eigenvalue weighted by Gasteiger charge is 2.58. The first kappa shape index (κ1) is 15.9. The summed E-state index contributed by atoms with van der Waals surface area (Å²) >= 11 is 0. The number of esters is 1. The van der Waals surface area contributed by atoms with Crippen LogP contribution in [0.25, 0.3) is 0 Å². The highest BCUT2D eigenvalue weighted by Crippen LogP contribution is 2.38. The van der Waals surface area contributed by atoms with Crippen LogP contribution in [0.5, 0.6) is 0 Å². The Morgan fingerprint density at radius 2 is 1.96 bits per heavy atom. The monoisotopic (exact) mass is 322 g/mol. The van der Waals surface area contributed by atoms with E-state index in [-0.39, 0.29) is 6.61 Å². The van der Waals surface area contributed by atoms with Gasteiger partial charge >= 0.3 is 11.9 Å². The molecule has 0 radical (unpaired) electrons. The number of rotatable bonds is 4. The molecule has 124 valence electrons. The smallest absolute Gasteiger partial charge is 0.338 e. The molecule has 7 heteroatoms. The fourth-order valence-electron chi connectivity index (χ4n) is 2.79. The Morgan fingerprint density at radius 1 is 1.26 bits per heavy atom. The summed E-state index contributed by atoms with van der Waals surface area (Å²) < 4.78 is 21.7. The first-order valence-corrected chi connectivity index (χ1v) is 7.32. The fourth-order valence-corrected chi connectivity index (χ4v) is 2.79. The minimum atomic E-state index is -1.24. The normalized spacial score (nSPS) is 32.2. The third-order valence-corrected chi connectivity index (χ3v) is 3.79. The van der Waals surface area contributed by atoms with Crippen LogP contribution in [0.1, 0.15) is 19.4 Å². The van der Waals surface area contributed by atoms with Crippen LogP contribution >= 0.6 is 0 Å². The molecule has 0 aliphatic carbocycles. The number of aliphatic carboxylic acids is 1. The van der Waals surface area contributed by atoms with E-state index in [1.165, 1.54) is 0 Å². The lowest BCUT2D eigenvalue weighted by atomic mass is 9.93. The van der Waals surface area contributed by atoms with E-state index < -0.39 is 42.1 Å². The second-order valence-electron chi connectivity index (χ2n) is 5.99. The van der Waals surface area contributed by atoms with Gasteiger partial charge < -0.3 is 24.1 Å². The Balaban J connectivity index is 1.78. The van der Waals surface area contributed by atoms with Gasteiger partial charge in [-0.3, -0.25) is 4.79 Å². The van der Waals surface area contributed by atoms with Gasteiger partial charge in [0.25, 0.3) is 0 Å². The number of carbonyl (C=O) groups excluding carboxylic acids is 1. The van der Waals surface area contributed by atoms with Crippen LogP contribution in [0, 0.1) is 5.92 Å². The maximum Gasteiger partial charge on any atom is 0.338 e. The van der Waals surface area contributed by atoms with E-state index in [0.29, 0.717) is 0 Å². The Labute approximate surface area is 133 Å². The molecular formula is C16H18O7. The molecule has 1 aromatic rings. The zero-order chi connectivity index (χ0) is 16.6. The summed E-state index contributed by atoms with van der Waals surface area (Å²) in [5, 5.41) is 9.52. The van der Waals surface area contributed by atoms with Crippen molar-refractivity contribution in [2.75, 3.05) is 0 Å². The quantitative estimate of drug-likeness (QED) is 0.836. The number of hydrogen-bond acceptors (Lipinski definition) is 6. The predicted molar refractivity (Wildman–Crippen MR) is 76.1 cm³/mol. The number of fused-ring (bicyclic) bond motifs is 1. The fraction of sp³-hybridized carbons (Fsp3) is 0.500. The lowest BCUT2D eigenvalue weighted by Gasteiger charge is -2.33. The van der Waals surface area contributed by atoms with Crippen molar-refractivity contribution >= 4 is 11.9 Å². The van der Waals surface area contributed by atoms with E-state index in [1.54, 1.807) is 13.8 Å². The molecule has 2 heterocycles. The molecule has 2 aliphatic rings. The second-order valence-corrected chi connectivity index (χ2v) is 5.99. The van der Waals surface area contributed by atoms with E-state index in [1.807, 2.05) is 30.3 Å². The van der Waals surface area contributed by atoms with Gasteiger partial charge in [0.1, 0.15) is 12.0 Å². The molecule has 1 aromatic carbocycles. The molecule has 0 aromatic heterocycles. The second kappa shape index (κ2) is 5.92. The largest absolute Gasteiger partial charge is 0.481 e. The minimum Gasteiger partial charge on any atom is -0.481 e. The molecule has 4 atom stereocenters. The first-order chi connectivity index (χ1) is 10.9. The van der Waals surface area contributed by atoms with Crippen LogP contribution in [0.3, 0.4) is 0 Å². The molecule has 0 amide bonds. The Kier molecular flexibility index (Phi) is 4.09. The Morgan fingerprint density at radius 3 is 2.61 bits per heavy atom. The average Bonchev–Trinajstić information content (AvgIpc) is 2.78. The maximum atomic E-state index is 12.1. The lowest BCUT2D eigenvalue weighted by Crippen LogP contribution is -2.54. The number of ether oxygens (including phenoxy) is 4. The molecule has 1 N–H and O–H groups in total. The number of benzene rings is 1. The molecule has 2 aliphatic heterocycles. The lowest BCUT2D eigenvalue weighted by molar-refractivity contribution is -0.220. The Hall–Kier alpha value is -1.96. The molecule has 2 fully saturated rings. The van der Waals surface area contributed by atoms with Gasteiger partial charge in [-0.2, -0.15) is 0 Å². The third kappa shape index (κ3) is 3.21. The summed E-state index contributed by atoms with van der Waals surface area (Å²) in [4.78, 5) is 23.8. The van der Waals surface area contributed by atoms with Crippen LogP contribution < -0.4 is 0 Å².